The molecule has 2 aromatic rings. The van der Waals surface area contributed by atoms with E-state index < -0.39 is 0 Å². The fraction of sp³-hybridized carbons (Fsp3) is 0.400. The topological polar surface area (TPSA) is 29.9 Å². The average Bonchev–Trinajstić information content (AvgIpc) is 3.16. The largest absolute Gasteiger partial charge is 0.331 e. The van der Waals surface area contributed by atoms with E-state index in [4.69, 9.17) is 0 Å². The maximum atomic E-state index is 4.28. The Morgan fingerprint density at radius 1 is 1.42 bits per heavy atom. The minimum atomic E-state index is 0.716. The molecule has 4 heteroatoms. The van der Waals surface area contributed by atoms with Gasteiger partial charge in [-0.25, -0.2) is 4.98 Å². The first-order valence-corrected chi connectivity index (χ1v) is 7.72. The van der Waals surface area contributed by atoms with Crippen molar-refractivity contribution in [1.82, 2.24) is 14.9 Å². The van der Waals surface area contributed by atoms with Crippen LogP contribution in [0.3, 0.4) is 0 Å². The molecule has 1 N–H and O–H groups in total. The normalized spacial score (nSPS) is 14.8. The fourth-order valence-corrected chi connectivity index (χ4v) is 3.18. The van der Waals surface area contributed by atoms with E-state index in [2.05, 4.69) is 39.1 Å². The van der Waals surface area contributed by atoms with Crippen molar-refractivity contribution in [2.24, 2.45) is 0 Å². The third-order valence-corrected chi connectivity index (χ3v) is 4.38. The molecule has 1 aliphatic carbocycles. The highest BCUT2D eigenvalue weighted by Gasteiger charge is 2.24. The highest BCUT2D eigenvalue weighted by atomic mass is 32.2. The van der Waals surface area contributed by atoms with Crippen LogP contribution in [0.15, 0.2) is 41.7 Å². The van der Waals surface area contributed by atoms with Crippen LogP contribution >= 0.6 is 11.8 Å². The van der Waals surface area contributed by atoms with Gasteiger partial charge in [0.25, 0.3) is 0 Å². The predicted octanol–water partition coefficient (Wildman–Crippen LogP) is 3.23. The molecule has 0 aliphatic heterocycles. The van der Waals surface area contributed by atoms with E-state index in [9.17, 15) is 0 Å². The summed E-state index contributed by atoms with van der Waals surface area (Å²) < 4.78 is 2.34. The van der Waals surface area contributed by atoms with Crippen molar-refractivity contribution in [1.29, 1.82) is 0 Å². The number of rotatable bonds is 6. The van der Waals surface area contributed by atoms with Crippen molar-refractivity contribution in [2.75, 3.05) is 7.05 Å². The molecule has 0 spiro atoms. The number of nitrogens with zero attached hydrogens (tertiary/aromatic N) is 2. The molecular formula is C15H19N3S. The minimum Gasteiger partial charge on any atom is -0.331 e. The third kappa shape index (κ3) is 3.19. The number of imidazole rings is 1. The second kappa shape index (κ2) is 5.80. The Morgan fingerprint density at radius 3 is 3.11 bits per heavy atom. The molecule has 1 aromatic heterocycles. The summed E-state index contributed by atoms with van der Waals surface area (Å²) in [4.78, 5) is 5.61. The lowest BCUT2D eigenvalue weighted by molar-refractivity contribution is 0.714. The molecular weight excluding hydrogens is 254 g/mol. The van der Waals surface area contributed by atoms with Crippen molar-refractivity contribution in [3.63, 3.8) is 0 Å². The van der Waals surface area contributed by atoms with Gasteiger partial charge in [0.15, 0.2) is 0 Å². The fourth-order valence-electron chi connectivity index (χ4n) is 2.23. The van der Waals surface area contributed by atoms with E-state index in [0.29, 0.717) is 6.04 Å². The lowest BCUT2D eigenvalue weighted by atomic mass is 10.2. The predicted molar refractivity (Wildman–Crippen MR) is 79.3 cm³/mol. The van der Waals surface area contributed by atoms with Gasteiger partial charge in [-0.2, -0.15) is 0 Å². The minimum absolute atomic E-state index is 0.716. The molecule has 0 radical (unpaired) electrons. The van der Waals surface area contributed by atoms with Crippen LogP contribution in [-0.2, 0) is 12.3 Å². The van der Waals surface area contributed by atoms with Crippen LogP contribution in [0.1, 0.15) is 30.1 Å². The summed E-state index contributed by atoms with van der Waals surface area (Å²) in [6.07, 6.45) is 6.60. The standard InChI is InChI=1S/C15H19N3S/c1-16-8-12-3-2-4-15(7-12)19-10-14-9-17-11-18(14)13-5-6-13/h2-4,7,9,11,13,16H,5-6,8,10H2,1H3. The first kappa shape index (κ1) is 12.8. The molecule has 3 nitrogen and oxygen atoms in total. The smallest absolute Gasteiger partial charge is 0.0951 e. The maximum Gasteiger partial charge on any atom is 0.0951 e. The van der Waals surface area contributed by atoms with Crippen LogP contribution in [0.25, 0.3) is 0 Å². The molecule has 100 valence electrons. The Hall–Kier alpha value is -1.26. The number of hydrogen-bond donors (Lipinski definition) is 1. The van der Waals surface area contributed by atoms with Gasteiger partial charge in [-0.05, 0) is 37.6 Å². The lowest BCUT2D eigenvalue weighted by Crippen LogP contribution is -2.04. The lowest BCUT2D eigenvalue weighted by Gasteiger charge is -2.07. The monoisotopic (exact) mass is 273 g/mol. The molecule has 0 unspecified atom stereocenters. The van der Waals surface area contributed by atoms with Gasteiger partial charge in [0, 0.05) is 35.1 Å². The Labute approximate surface area is 118 Å². The van der Waals surface area contributed by atoms with Gasteiger partial charge in [0.2, 0.25) is 0 Å². The number of hydrogen-bond acceptors (Lipinski definition) is 3. The van der Waals surface area contributed by atoms with Crippen LogP contribution in [-0.4, -0.2) is 16.6 Å². The Morgan fingerprint density at radius 2 is 2.32 bits per heavy atom. The van der Waals surface area contributed by atoms with Crippen molar-refractivity contribution >= 4 is 11.8 Å². The van der Waals surface area contributed by atoms with Crippen LogP contribution in [0.2, 0.25) is 0 Å². The number of thioether (sulfide) groups is 1. The van der Waals surface area contributed by atoms with Crippen molar-refractivity contribution in [3.8, 4) is 0 Å². The summed E-state index contributed by atoms with van der Waals surface area (Å²) in [6.45, 7) is 0.925. The zero-order valence-corrected chi connectivity index (χ0v) is 12.0. The average molecular weight is 273 g/mol. The van der Waals surface area contributed by atoms with Crippen molar-refractivity contribution < 1.29 is 0 Å². The Bertz CT molecular complexity index is 546. The summed E-state index contributed by atoms with van der Waals surface area (Å²) in [5.74, 6) is 1.000. The molecule has 1 saturated carbocycles. The second-order valence-corrected chi connectivity index (χ2v) is 6.04. The quantitative estimate of drug-likeness (QED) is 0.820. The number of aromatic nitrogens is 2. The van der Waals surface area contributed by atoms with Crippen LogP contribution in [0, 0.1) is 0 Å². The van der Waals surface area contributed by atoms with Gasteiger partial charge in [-0.3, -0.25) is 0 Å². The van der Waals surface area contributed by atoms with Gasteiger partial charge in [0.1, 0.15) is 0 Å². The number of benzene rings is 1. The van der Waals surface area contributed by atoms with Gasteiger partial charge < -0.3 is 9.88 Å². The molecule has 3 rings (SSSR count). The summed E-state index contributed by atoms with van der Waals surface area (Å²) in [7, 11) is 1.98. The van der Waals surface area contributed by atoms with Crippen molar-refractivity contribution in [2.45, 2.75) is 36.1 Å². The molecule has 0 atom stereocenters. The zero-order valence-electron chi connectivity index (χ0n) is 11.2. The molecule has 19 heavy (non-hydrogen) atoms. The van der Waals surface area contributed by atoms with Gasteiger partial charge >= 0.3 is 0 Å². The van der Waals surface area contributed by atoms with Crippen LogP contribution < -0.4 is 5.32 Å². The van der Waals surface area contributed by atoms with E-state index in [0.717, 1.165) is 12.3 Å². The molecule has 1 aliphatic rings. The molecule has 1 fully saturated rings. The third-order valence-electron chi connectivity index (χ3n) is 3.35. The molecule has 0 amide bonds. The summed E-state index contributed by atoms with van der Waals surface area (Å²) >= 11 is 1.89. The van der Waals surface area contributed by atoms with E-state index in [1.807, 2.05) is 31.3 Å². The number of nitrogens with one attached hydrogen (secondary N) is 1. The zero-order chi connectivity index (χ0) is 13.1. The van der Waals surface area contributed by atoms with Crippen LogP contribution in [0.4, 0.5) is 0 Å². The van der Waals surface area contributed by atoms with Crippen LogP contribution in [0.5, 0.6) is 0 Å². The van der Waals surface area contributed by atoms with Gasteiger partial charge in [-0.15, -0.1) is 11.8 Å². The molecule has 1 heterocycles. The highest BCUT2D eigenvalue weighted by molar-refractivity contribution is 7.98. The van der Waals surface area contributed by atoms with E-state index >= 15 is 0 Å². The Kier molecular flexibility index (Phi) is 3.89. The first-order chi connectivity index (χ1) is 9.36. The summed E-state index contributed by atoms with van der Waals surface area (Å²) in [5.41, 5.74) is 2.68. The van der Waals surface area contributed by atoms with E-state index in [-0.39, 0.29) is 0 Å². The molecule has 1 aromatic carbocycles. The molecule has 0 bridgehead atoms. The van der Waals surface area contributed by atoms with Gasteiger partial charge in [-0.1, -0.05) is 12.1 Å². The first-order valence-electron chi connectivity index (χ1n) is 6.74. The molecule has 0 saturated heterocycles. The van der Waals surface area contributed by atoms with Gasteiger partial charge in [0.05, 0.1) is 6.33 Å². The van der Waals surface area contributed by atoms with E-state index in [1.165, 1.54) is 29.0 Å². The maximum absolute atomic E-state index is 4.28. The second-order valence-electron chi connectivity index (χ2n) is 4.99. The SMILES string of the molecule is CNCc1cccc(SCc2cncn2C2CC2)c1. The highest BCUT2D eigenvalue weighted by Crippen LogP contribution is 2.36. The van der Waals surface area contributed by atoms with E-state index in [1.54, 1.807) is 0 Å². The Balaban J connectivity index is 1.65. The summed E-state index contributed by atoms with van der Waals surface area (Å²) in [6, 6.07) is 9.46. The summed E-state index contributed by atoms with van der Waals surface area (Å²) in [5, 5.41) is 3.19. The van der Waals surface area contributed by atoms with Crippen molar-refractivity contribution in [3.05, 3.63) is 48.0 Å².